The standard InChI is InChI=1S/C26H18ClNO4S/c27-21-11-5-6-12-24(21)33(31,32)28-22-15-20(26(30)19-10-4-3-9-18(19)22)25-17-8-2-1-7-16(17)13-14-23(25)29/h1-15,28-30H. The van der Waals surface area contributed by atoms with Crippen molar-refractivity contribution in [3.63, 3.8) is 0 Å². The second-order valence-electron chi connectivity index (χ2n) is 7.58. The zero-order valence-corrected chi connectivity index (χ0v) is 18.7. The maximum Gasteiger partial charge on any atom is 0.263 e. The van der Waals surface area contributed by atoms with Crippen LogP contribution in [0, 0.1) is 0 Å². The van der Waals surface area contributed by atoms with Crippen LogP contribution >= 0.6 is 11.6 Å². The van der Waals surface area contributed by atoms with Gasteiger partial charge in [-0.1, -0.05) is 78.3 Å². The molecule has 0 aliphatic carbocycles. The molecule has 5 nitrogen and oxygen atoms in total. The maximum atomic E-state index is 13.2. The molecular weight excluding hydrogens is 458 g/mol. The van der Waals surface area contributed by atoms with Crippen LogP contribution in [-0.2, 0) is 10.0 Å². The second kappa shape index (κ2) is 7.99. The summed E-state index contributed by atoms with van der Waals surface area (Å²) < 4.78 is 29.0. The molecule has 0 radical (unpaired) electrons. The van der Waals surface area contributed by atoms with Gasteiger partial charge in [0.25, 0.3) is 10.0 Å². The van der Waals surface area contributed by atoms with Crippen LogP contribution in [0.25, 0.3) is 32.7 Å². The maximum absolute atomic E-state index is 13.2. The summed E-state index contributed by atoms with van der Waals surface area (Å²) in [5.41, 5.74) is 0.972. The Bertz CT molecular complexity index is 1650. The van der Waals surface area contributed by atoms with Crippen LogP contribution in [0.4, 0.5) is 5.69 Å². The number of anilines is 1. The van der Waals surface area contributed by atoms with Crippen molar-refractivity contribution >= 4 is 48.9 Å². The number of rotatable bonds is 4. The number of fused-ring (bicyclic) bond motifs is 2. The molecule has 0 saturated carbocycles. The Kier molecular flexibility index (Phi) is 5.12. The van der Waals surface area contributed by atoms with Crippen molar-refractivity contribution in [2.45, 2.75) is 4.90 Å². The topological polar surface area (TPSA) is 86.6 Å². The Hall–Kier alpha value is -3.74. The average Bonchev–Trinajstić information content (AvgIpc) is 2.81. The Morgan fingerprint density at radius 2 is 1.36 bits per heavy atom. The van der Waals surface area contributed by atoms with Crippen molar-refractivity contribution in [1.29, 1.82) is 0 Å². The number of halogens is 1. The average molecular weight is 476 g/mol. The molecular formula is C26H18ClNO4S. The predicted molar refractivity (Wildman–Crippen MR) is 132 cm³/mol. The van der Waals surface area contributed by atoms with Crippen molar-refractivity contribution in [2.75, 3.05) is 4.72 Å². The van der Waals surface area contributed by atoms with Crippen molar-refractivity contribution < 1.29 is 18.6 Å². The summed E-state index contributed by atoms with van der Waals surface area (Å²) >= 11 is 6.14. The quantitative estimate of drug-likeness (QED) is 0.258. The first-order valence-corrected chi connectivity index (χ1v) is 12.0. The summed E-state index contributed by atoms with van der Waals surface area (Å²) in [6.07, 6.45) is 0. The summed E-state index contributed by atoms with van der Waals surface area (Å²) in [5.74, 6) is -0.0860. The zero-order chi connectivity index (χ0) is 23.2. The van der Waals surface area contributed by atoms with E-state index < -0.39 is 10.0 Å². The molecule has 0 aromatic heterocycles. The molecule has 0 aliphatic heterocycles. The van der Waals surface area contributed by atoms with E-state index in [1.54, 1.807) is 48.5 Å². The van der Waals surface area contributed by atoms with Crippen molar-refractivity contribution in [1.82, 2.24) is 0 Å². The van der Waals surface area contributed by atoms with Gasteiger partial charge in [0.1, 0.15) is 16.4 Å². The van der Waals surface area contributed by atoms with Crippen LogP contribution in [-0.4, -0.2) is 18.6 Å². The molecule has 5 aromatic rings. The van der Waals surface area contributed by atoms with Crippen molar-refractivity contribution in [3.8, 4) is 22.6 Å². The van der Waals surface area contributed by atoms with E-state index in [-0.39, 0.29) is 27.1 Å². The lowest BCUT2D eigenvalue weighted by Crippen LogP contribution is -2.13. The van der Waals surface area contributed by atoms with Gasteiger partial charge < -0.3 is 10.2 Å². The first-order chi connectivity index (χ1) is 15.9. The molecule has 0 bridgehead atoms. The fraction of sp³-hybridized carbons (Fsp3) is 0. The van der Waals surface area contributed by atoms with E-state index in [0.29, 0.717) is 21.9 Å². The molecule has 0 spiro atoms. The Balaban J connectivity index is 1.79. The Morgan fingerprint density at radius 1 is 0.727 bits per heavy atom. The third-order valence-corrected chi connectivity index (χ3v) is 7.43. The SMILES string of the molecule is O=S(=O)(Nc1cc(-c2c(O)ccc3ccccc23)c(O)c2ccccc12)c1ccccc1Cl. The molecule has 0 amide bonds. The van der Waals surface area contributed by atoms with Crippen molar-refractivity contribution in [2.24, 2.45) is 0 Å². The van der Waals surface area contributed by atoms with Gasteiger partial charge in [0.15, 0.2) is 0 Å². The Labute approximate surface area is 195 Å². The third-order valence-electron chi connectivity index (χ3n) is 5.56. The van der Waals surface area contributed by atoms with E-state index >= 15 is 0 Å². The van der Waals surface area contributed by atoms with Gasteiger partial charge in [-0.25, -0.2) is 8.42 Å². The van der Waals surface area contributed by atoms with Gasteiger partial charge in [-0.15, -0.1) is 0 Å². The number of hydrogen-bond acceptors (Lipinski definition) is 4. The monoisotopic (exact) mass is 475 g/mol. The van der Waals surface area contributed by atoms with Gasteiger partial charge in [-0.2, -0.15) is 0 Å². The highest BCUT2D eigenvalue weighted by atomic mass is 35.5. The highest BCUT2D eigenvalue weighted by molar-refractivity contribution is 7.92. The summed E-state index contributed by atoms with van der Waals surface area (Å²) in [7, 11) is -4.03. The number of benzene rings is 5. The summed E-state index contributed by atoms with van der Waals surface area (Å²) in [5, 5.41) is 24.5. The Morgan fingerprint density at radius 3 is 2.12 bits per heavy atom. The molecule has 0 saturated heterocycles. The van der Waals surface area contributed by atoms with Crippen molar-refractivity contribution in [3.05, 3.63) is 96.0 Å². The van der Waals surface area contributed by atoms with Crippen LogP contribution in [0.5, 0.6) is 11.5 Å². The number of sulfonamides is 1. The van der Waals surface area contributed by atoms with Crippen LogP contribution in [0.3, 0.4) is 0 Å². The fourth-order valence-electron chi connectivity index (χ4n) is 4.04. The van der Waals surface area contributed by atoms with Gasteiger partial charge in [-0.05, 0) is 35.0 Å². The first kappa shape index (κ1) is 21.1. The number of phenols is 2. The molecule has 7 heteroatoms. The van der Waals surface area contributed by atoms with Crippen LogP contribution in [0.1, 0.15) is 0 Å². The first-order valence-electron chi connectivity index (χ1n) is 10.1. The number of phenolic OH excluding ortho intramolecular Hbond substituents is 2. The highest BCUT2D eigenvalue weighted by Crippen LogP contribution is 2.46. The lowest BCUT2D eigenvalue weighted by atomic mass is 9.93. The molecule has 0 aliphatic rings. The van der Waals surface area contributed by atoms with E-state index in [4.69, 9.17) is 11.6 Å². The molecule has 0 unspecified atom stereocenters. The van der Waals surface area contributed by atoms with Crippen LogP contribution in [0.2, 0.25) is 5.02 Å². The lowest BCUT2D eigenvalue weighted by Gasteiger charge is -2.17. The van der Waals surface area contributed by atoms with E-state index in [1.807, 2.05) is 24.3 Å². The molecule has 0 fully saturated rings. The molecule has 5 aromatic carbocycles. The minimum absolute atomic E-state index is 0.0285. The van der Waals surface area contributed by atoms with E-state index in [2.05, 4.69) is 4.72 Å². The number of nitrogens with one attached hydrogen (secondary N) is 1. The predicted octanol–water partition coefficient (Wildman–Crippen LogP) is 6.53. The van der Waals surface area contributed by atoms with Gasteiger partial charge in [0.05, 0.1) is 10.7 Å². The normalized spacial score (nSPS) is 11.7. The molecule has 5 rings (SSSR count). The van der Waals surface area contributed by atoms with Crippen LogP contribution < -0.4 is 4.72 Å². The van der Waals surface area contributed by atoms with E-state index in [1.165, 1.54) is 18.2 Å². The third kappa shape index (κ3) is 3.63. The summed E-state index contributed by atoms with van der Waals surface area (Å²) in [4.78, 5) is -0.0571. The van der Waals surface area contributed by atoms with Gasteiger partial charge in [0.2, 0.25) is 0 Å². The number of hydrogen-bond donors (Lipinski definition) is 3. The van der Waals surface area contributed by atoms with E-state index in [9.17, 15) is 18.6 Å². The molecule has 164 valence electrons. The second-order valence-corrected chi connectivity index (χ2v) is 9.64. The smallest absolute Gasteiger partial charge is 0.263 e. The molecule has 0 heterocycles. The highest BCUT2D eigenvalue weighted by Gasteiger charge is 2.22. The van der Waals surface area contributed by atoms with Crippen LogP contribution in [0.15, 0.2) is 95.9 Å². The van der Waals surface area contributed by atoms with Gasteiger partial charge in [-0.3, -0.25) is 4.72 Å². The zero-order valence-electron chi connectivity index (χ0n) is 17.2. The number of aromatic hydroxyl groups is 2. The minimum Gasteiger partial charge on any atom is -0.507 e. The summed E-state index contributed by atoms with van der Waals surface area (Å²) in [6.45, 7) is 0. The largest absolute Gasteiger partial charge is 0.507 e. The molecule has 0 atom stereocenters. The molecule has 3 N–H and O–H groups in total. The molecule has 33 heavy (non-hydrogen) atoms. The lowest BCUT2D eigenvalue weighted by molar-refractivity contribution is 0.472. The minimum atomic E-state index is -4.03. The van der Waals surface area contributed by atoms with E-state index in [0.717, 1.165) is 10.8 Å². The fourth-order valence-corrected chi connectivity index (χ4v) is 5.63. The van der Waals surface area contributed by atoms with Gasteiger partial charge in [0, 0.05) is 21.9 Å². The van der Waals surface area contributed by atoms with Gasteiger partial charge >= 0.3 is 0 Å². The summed E-state index contributed by atoms with van der Waals surface area (Å²) in [6, 6.07) is 25.4.